The lowest BCUT2D eigenvalue weighted by Gasteiger charge is -2.01. The summed E-state index contributed by atoms with van der Waals surface area (Å²) in [5.74, 6) is -1.12. The molecule has 1 heterocycles. The smallest absolute Gasteiger partial charge is 0.135 e. The normalized spacial score (nSPS) is 9.67. The number of aryl methyl sites for hydroxylation is 1. The second-order valence-corrected chi connectivity index (χ2v) is 2.94. The summed E-state index contributed by atoms with van der Waals surface area (Å²) in [6, 6.07) is 2.18. The maximum Gasteiger partial charge on any atom is 0.135 e. The predicted octanol–water partition coefficient (Wildman–Crippen LogP) is 3.85. The number of rotatable bonds is 0. The van der Waals surface area contributed by atoms with Gasteiger partial charge in [-0.15, -0.1) is 0 Å². The summed E-state index contributed by atoms with van der Waals surface area (Å²) in [5, 5.41) is 0.939. The standard InChI is InChI=1S/C10H7F2N.C2H6/c1-6-4-13-5-9-8(6)2-7(11)3-10(9)12;1-2/h2-5H,1H3;1-2H3. The second kappa shape index (κ2) is 4.82. The first-order valence-electron chi connectivity index (χ1n) is 4.88. The molecule has 0 fully saturated rings. The van der Waals surface area contributed by atoms with Crippen molar-refractivity contribution >= 4 is 10.8 Å². The Bertz CT molecular complexity index is 466. The van der Waals surface area contributed by atoms with E-state index in [0.717, 1.165) is 11.6 Å². The molecular weight excluding hydrogens is 196 g/mol. The lowest BCUT2D eigenvalue weighted by Crippen LogP contribution is -1.87. The molecule has 1 aromatic carbocycles. The van der Waals surface area contributed by atoms with Crippen molar-refractivity contribution in [3.63, 3.8) is 0 Å². The molecule has 0 aliphatic heterocycles. The Hall–Kier alpha value is -1.51. The molecular formula is C12H13F2N. The summed E-state index contributed by atoms with van der Waals surface area (Å²) in [5.41, 5.74) is 0.774. The Balaban J connectivity index is 0.000000531. The van der Waals surface area contributed by atoms with Crippen LogP contribution < -0.4 is 0 Å². The fourth-order valence-corrected chi connectivity index (χ4v) is 1.34. The molecule has 0 unspecified atom stereocenters. The zero-order valence-electron chi connectivity index (χ0n) is 9.01. The summed E-state index contributed by atoms with van der Waals surface area (Å²) in [4.78, 5) is 3.84. The van der Waals surface area contributed by atoms with Crippen LogP contribution in [0, 0.1) is 18.6 Å². The van der Waals surface area contributed by atoms with Gasteiger partial charge < -0.3 is 0 Å². The van der Waals surface area contributed by atoms with Gasteiger partial charge >= 0.3 is 0 Å². The van der Waals surface area contributed by atoms with Crippen molar-refractivity contribution in [2.75, 3.05) is 0 Å². The van der Waals surface area contributed by atoms with Crippen LogP contribution in [0.5, 0.6) is 0 Å². The minimum absolute atomic E-state index is 0.362. The lowest BCUT2D eigenvalue weighted by molar-refractivity contribution is 0.592. The van der Waals surface area contributed by atoms with Crippen LogP contribution in [0.3, 0.4) is 0 Å². The molecule has 0 bridgehead atoms. The van der Waals surface area contributed by atoms with Crippen molar-refractivity contribution in [1.82, 2.24) is 4.98 Å². The molecule has 0 aliphatic carbocycles. The average molecular weight is 209 g/mol. The minimum atomic E-state index is -0.564. The quantitative estimate of drug-likeness (QED) is 0.642. The summed E-state index contributed by atoms with van der Waals surface area (Å²) in [6.45, 7) is 5.77. The molecule has 1 nitrogen and oxygen atoms in total. The number of benzene rings is 1. The molecule has 2 aromatic rings. The predicted molar refractivity (Wildman–Crippen MR) is 57.7 cm³/mol. The van der Waals surface area contributed by atoms with E-state index in [0.29, 0.717) is 10.8 Å². The number of halogens is 2. The van der Waals surface area contributed by atoms with Gasteiger partial charge in [-0.1, -0.05) is 13.8 Å². The third kappa shape index (κ3) is 2.29. The molecule has 0 radical (unpaired) electrons. The van der Waals surface area contributed by atoms with Crippen molar-refractivity contribution in [2.24, 2.45) is 0 Å². The van der Waals surface area contributed by atoms with Gasteiger partial charge in [0.25, 0.3) is 0 Å². The van der Waals surface area contributed by atoms with Gasteiger partial charge in [0.15, 0.2) is 0 Å². The van der Waals surface area contributed by atoms with E-state index in [4.69, 9.17) is 0 Å². The fraction of sp³-hybridized carbons (Fsp3) is 0.250. The molecule has 0 amide bonds. The van der Waals surface area contributed by atoms with E-state index in [2.05, 4.69) is 4.98 Å². The van der Waals surface area contributed by atoms with Crippen molar-refractivity contribution in [3.05, 3.63) is 41.7 Å². The Morgan fingerprint density at radius 3 is 2.33 bits per heavy atom. The molecule has 0 atom stereocenters. The lowest BCUT2D eigenvalue weighted by atomic mass is 10.1. The molecule has 2 rings (SSSR count). The molecule has 0 saturated heterocycles. The maximum atomic E-state index is 13.1. The molecule has 3 heteroatoms. The zero-order valence-corrected chi connectivity index (χ0v) is 9.01. The topological polar surface area (TPSA) is 12.9 Å². The van der Waals surface area contributed by atoms with Gasteiger partial charge in [0, 0.05) is 23.8 Å². The van der Waals surface area contributed by atoms with E-state index in [1.54, 1.807) is 13.1 Å². The van der Waals surface area contributed by atoms with Crippen LogP contribution in [0.4, 0.5) is 8.78 Å². The Morgan fingerprint density at radius 1 is 1.00 bits per heavy atom. The first-order chi connectivity index (χ1) is 7.18. The van der Waals surface area contributed by atoms with Crippen molar-refractivity contribution in [1.29, 1.82) is 0 Å². The Kier molecular flexibility index (Phi) is 3.72. The Labute approximate surface area is 87.8 Å². The number of hydrogen-bond acceptors (Lipinski definition) is 1. The number of fused-ring (bicyclic) bond motifs is 1. The van der Waals surface area contributed by atoms with E-state index < -0.39 is 11.6 Å². The van der Waals surface area contributed by atoms with Gasteiger partial charge in [-0.05, 0) is 23.9 Å². The zero-order chi connectivity index (χ0) is 11.4. The minimum Gasteiger partial charge on any atom is -0.264 e. The monoisotopic (exact) mass is 209 g/mol. The summed E-state index contributed by atoms with van der Waals surface area (Å²) >= 11 is 0. The van der Waals surface area contributed by atoms with Gasteiger partial charge in [0.1, 0.15) is 11.6 Å². The van der Waals surface area contributed by atoms with E-state index in [-0.39, 0.29) is 0 Å². The van der Waals surface area contributed by atoms with Crippen LogP contribution in [0.2, 0.25) is 0 Å². The summed E-state index contributed by atoms with van der Waals surface area (Å²) in [7, 11) is 0. The third-order valence-electron chi connectivity index (χ3n) is 1.99. The van der Waals surface area contributed by atoms with Gasteiger partial charge in [-0.3, -0.25) is 4.98 Å². The van der Waals surface area contributed by atoms with E-state index in [1.165, 1.54) is 12.3 Å². The first-order valence-corrected chi connectivity index (χ1v) is 4.88. The van der Waals surface area contributed by atoms with Gasteiger partial charge in [0.05, 0.1) is 0 Å². The maximum absolute atomic E-state index is 13.1. The molecule has 0 spiro atoms. The van der Waals surface area contributed by atoms with E-state index in [9.17, 15) is 8.78 Å². The van der Waals surface area contributed by atoms with Crippen molar-refractivity contribution < 1.29 is 8.78 Å². The van der Waals surface area contributed by atoms with Crippen LogP contribution in [0.1, 0.15) is 19.4 Å². The number of nitrogens with zero attached hydrogens (tertiary/aromatic N) is 1. The van der Waals surface area contributed by atoms with E-state index >= 15 is 0 Å². The van der Waals surface area contributed by atoms with Crippen LogP contribution >= 0.6 is 0 Å². The highest BCUT2D eigenvalue weighted by molar-refractivity contribution is 5.85. The van der Waals surface area contributed by atoms with E-state index in [1.807, 2.05) is 13.8 Å². The highest BCUT2D eigenvalue weighted by Crippen LogP contribution is 2.21. The summed E-state index contributed by atoms with van der Waals surface area (Å²) < 4.78 is 26.0. The highest BCUT2D eigenvalue weighted by atomic mass is 19.1. The SMILES string of the molecule is CC.Cc1cncc2c(F)cc(F)cc12. The number of hydrogen-bond donors (Lipinski definition) is 0. The third-order valence-corrected chi connectivity index (χ3v) is 1.99. The first kappa shape index (κ1) is 11.6. The van der Waals surface area contributed by atoms with Gasteiger partial charge in [-0.25, -0.2) is 8.78 Å². The van der Waals surface area contributed by atoms with Crippen LogP contribution in [-0.2, 0) is 0 Å². The highest BCUT2D eigenvalue weighted by Gasteiger charge is 2.05. The van der Waals surface area contributed by atoms with Crippen LogP contribution in [0.25, 0.3) is 10.8 Å². The molecule has 80 valence electrons. The average Bonchev–Trinajstić information content (AvgIpc) is 2.23. The van der Waals surface area contributed by atoms with Crippen LogP contribution in [-0.4, -0.2) is 4.98 Å². The largest absolute Gasteiger partial charge is 0.264 e. The number of pyridine rings is 1. The fourth-order valence-electron chi connectivity index (χ4n) is 1.34. The van der Waals surface area contributed by atoms with Gasteiger partial charge in [0.2, 0.25) is 0 Å². The molecule has 1 aromatic heterocycles. The van der Waals surface area contributed by atoms with Crippen LogP contribution in [0.15, 0.2) is 24.5 Å². The van der Waals surface area contributed by atoms with Crippen molar-refractivity contribution in [3.8, 4) is 0 Å². The number of aromatic nitrogens is 1. The molecule has 0 aliphatic rings. The Morgan fingerprint density at radius 2 is 1.67 bits per heavy atom. The summed E-state index contributed by atoms with van der Waals surface area (Å²) in [6.07, 6.45) is 2.98. The second-order valence-electron chi connectivity index (χ2n) is 2.94. The molecule has 0 saturated carbocycles. The van der Waals surface area contributed by atoms with Gasteiger partial charge in [-0.2, -0.15) is 0 Å². The van der Waals surface area contributed by atoms with Crippen molar-refractivity contribution in [2.45, 2.75) is 20.8 Å². The molecule has 0 N–H and O–H groups in total. The molecule has 15 heavy (non-hydrogen) atoms.